The summed E-state index contributed by atoms with van der Waals surface area (Å²) in [5.41, 5.74) is 1.73. The normalized spacial score (nSPS) is 11.4. The molecule has 0 fully saturated rings. The van der Waals surface area contributed by atoms with E-state index in [0.29, 0.717) is 33.0 Å². The van der Waals surface area contributed by atoms with E-state index in [2.05, 4.69) is 5.10 Å². The lowest BCUT2D eigenvalue weighted by Crippen LogP contribution is -2.32. The maximum atomic E-state index is 12.8. The van der Waals surface area contributed by atoms with Crippen molar-refractivity contribution in [3.63, 3.8) is 0 Å². The SMILES string of the molecule is O=C(N/N=C/c1cccc(OCc2c(Cl)cccc2Cl)c1)C(=O)Nc1cc(C(F)(F)F)ccc1Cl. The number of halogens is 6. The molecule has 2 N–H and O–H groups in total. The molecule has 3 rings (SSSR count). The molecule has 2 amide bonds. The molecular formula is C23H15Cl3F3N3O3. The van der Waals surface area contributed by atoms with Crippen LogP contribution in [0, 0.1) is 0 Å². The summed E-state index contributed by atoms with van der Waals surface area (Å²) in [6.45, 7) is 0.119. The molecule has 0 aliphatic carbocycles. The largest absolute Gasteiger partial charge is 0.489 e. The van der Waals surface area contributed by atoms with Gasteiger partial charge in [-0.15, -0.1) is 0 Å². The third kappa shape index (κ3) is 7.35. The number of nitrogens with zero attached hydrogens (tertiary/aromatic N) is 1. The van der Waals surface area contributed by atoms with E-state index in [9.17, 15) is 22.8 Å². The first-order valence-electron chi connectivity index (χ1n) is 9.71. The van der Waals surface area contributed by atoms with Gasteiger partial charge in [0.2, 0.25) is 0 Å². The van der Waals surface area contributed by atoms with Crippen LogP contribution in [0.25, 0.3) is 0 Å². The lowest BCUT2D eigenvalue weighted by molar-refractivity contribution is -0.137. The fourth-order valence-electron chi connectivity index (χ4n) is 2.70. The number of carbonyl (C=O) groups excluding carboxylic acids is 2. The molecule has 3 aromatic rings. The molecule has 0 radical (unpaired) electrons. The zero-order valence-electron chi connectivity index (χ0n) is 17.5. The number of benzene rings is 3. The van der Waals surface area contributed by atoms with Gasteiger partial charge >= 0.3 is 18.0 Å². The molecule has 0 saturated carbocycles. The van der Waals surface area contributed by atoms with Crippen molar-refractivity contribution in [2.24, 2.45) is 5.10 Å². The molecule has 0 aliphatic rings. The lowest BCUT2D eigenvalue weighted by atomic mass is 10.2. The van der Waals surface area contributed by atoms with E-state index in [0.717, 1.165) is 12.1 Å². The number of hydrogen-bond donors (Lipinski definition) is 2. The van der Waals surface area contributed by atoms with Gasteiger partial charge in [-0.25, -0.2) is 5.43 Å². The van der Waals surface area contributed by atoms with Gasteiger partial charge in [0.15, 0.2) is 0 Å². The first-order valence-corrected chi connectivity index (χ1v) is 10.8. The monoisotopic (exact) mass is 543 g/mol. The third-order valence-corrected chi connectivity index (χ3v) is 5.47. The van der Waals surface area contributed by atoms with Gasteiger partial charge in [-0.1, -0.05) is 53.0 Å². The van der Waals surface area contributed by atoms with Crippen LogP contribution in [-0.2, 0) is 22.4 Å². The first-order chi connectivity index (χ1) is 16.5. The van der Waals surface area contributed by atoms with Crippen molar-refractivity contribution in [3.05, 3.63) is 92.4 Å². The fourth-order valence-corrected chi connectivity index (χ4v) is 3.37. The summed E-state index contributed by atoms with van der Waals surface area (Å²) in [4.78, 5) is 24.0. The van der Waals surface area contributed by atoms with E-state index in [-0.39, 0.29) is 17.3 Å². The number of hydrogen-bond acceptors (Lipinski definition) is 4. The number of carbonyl (C=O) groups is 2. The van der Waals surface area contributed by atoms with E-state index in [1.807, 2.05) is 10.7 Å². The molecule has 0 spiro atoms. The van der Waals surface area contributed by atoms with Crippen LogP contribution in [0.4, 0.5) is 18.9 Å². The summed E-state index contributed by atoms with van der Waals surface area (Å²) in [6, 6.07) is 14.1. The Morgan fingerprint density at radius 3 is 2.29 bits per heavy atom. The highest BCUT2D eigenvalue weighted by atomic mass is 35.5. The second-order valence-electron chi connectivity index (χ2n) is 6.91. The van der Waals surface area contributed by atoms with Crippen molar-refractivity contribution in [1.82, 2.24) is 5.43 Å². The lowest BCUT2D eigenvalue weighted by Gasteiger charge is -2.11. The molecule has 0 unspecified atom stereocenters. The minimum atomic E-state index is -4.64. The van der Waals surface area contributed by atoms with Gasteiger partial charge in [0.25, 0.3) is 0 Å². The Kier molecular flexibility index (Phi) is 8.61. The summed E-state index contributed by atoms with van der Waals surface area (Å²) < 4.78 is 44.2. The number of rotatable bonds is 6. The number of anilines is 1. The van der Waals surface area contributed by atoms with Gasteiger partial charge in [-0.3, -0.25) is 9.59 Å². The average Bonchev–Trinajstić information content (AvgIpc) is 2.79. The smallest absolute Gasteiger partial charge is 0.416 e. The number of hydrazone groups is 1. The second kappa shape index (κ2) is 11.4. The second-order valence-corrected chi connectivity index (χ2v) is 8.13. The van der Waals surface area contributed by atoms with Gasteiger partial charge in [-0.2, -0.15) is 18.3 Å². The molecule has 0 saturated heterocycles. The van der Waals surface area contributed by atoms with Crippen LogP contribution in [0.1, 0.15) is 16.7 Å². The van der Waals surface area contributed by atoms with Crippen LogP contribution < -0.4 is 15.5 Å². The molecule has 3 aromatic carbocycles. The van der Waals surface area contributed by atoms with Crippen molar-refractivity contribution in [3.8, 4) is 5.75 Å². The Morgan fingerprint density at radius 1 is 0.914 bits per heavy atom. The van der Waals surface area contributed by atoms with Gasteiger partial charge < -0.3 is 10.1 Å². The minimum absolute atomic E-state index is 0.119. The molecule has 12 heteroatoms. The zero-order chi connectivity index (χ0) is 25.6. The summed E-state index contributed by atoms with van der Waals surface area (Å²) in [5, 5.41) is 6.45. The highest BCUT2D eigenvalue weighted by Crippen LogP contribution is 2.33. The van der Waals surface area contributed by atoms with E-state index in [1.54, 1.807) is 42.5 Å². The molecule has 35 heavy (non-hydrogen) atoms. The Bertz CT molecular complexity index is 1260. The number of alkyl halides is 3. The van der Waals surface area contributed by atoms with Gasteiger partial charge in [0, 0.05) is 15.6 Å². The maximum absolute atomic E-state index is 12.8. The molecule has 0 bridgehead atoms. The molecule has 6 nitrogen and oxygen atoms in total. The predicted octanol–water partition coefficient (Wildman–Crippen LogP) is 6.33. The zero-order valence-corrected chi connectivity index (χ0v) is 19.8. The highest BCUT2D eigenvalue weighted by Gasteiger charge is 2.31. The molecule has 0 aromatic heterocycles. The summed E-state index contributed by atoms with van der Waals surface area (Å²) >= 11 is 18.1. The highest BCUT2D eigenvalue weighted by molar-refractivity contribution is 6.41. The first kappa shape index (κ1) is 26.3. The molecule has 182 valence electrons. The summed E-state index contributed by atoms with van der Waals surface area (Å²) in [7, 11) is 0. The van der Waals surface area contributed by atoms with Gasteiger partial charge in [-0.05, 0) is 48.0 Å². The average molecular weight is 545 g/mol. The summed E-state index contributed by atoms with van der Waals surface area (Å²) in [5.74, 6) is -2.00. The van der Waals surface area contributed by atoms with Crippen molar-refractivity contribution in [1.29, 1.82) is 0 Å². The van der Waals surface area contributed by atoms with Crippen LogP contribution >= 0.6 is 34.8 Å². The van der Waals surface area contributed by atoms with Crippen LogP contribution in [0.5, 0.6) is 5.75 Å². The van der Waals surface area contributed by atoms with Gasteiger partial charge in [0.1, 0.15) is 12.4 Å². The van der Waals surface area contributed by atoms with Gasteiger partial charge in [0.05, 0.1) is 22.5 Å². The van der Waals surface area contributed by atoms with Crippen LogP contribution in [0.2, 0.25) is 15.1 Å². The van der Waals surface area contributed by atoms with E-state index < -0.39 is 23.6 Å². The van der Waals surface area contributed by atoms with Crippen molar-refractivity contribution in [2.45, 2.75) is 12.8 Å². The number of amides is 2. The molecular weight excluding hydrogens is 530 g/mol. The molecule has 0 atom stereocenters. The topological polar surface area (TPSA) is 79.8 Å². The maximum Gasteiger partial charge on any atom is 0.416 e. The van der Waals surface area contributed by atoms with E-state index in [4.69, 9.17) is 39.5 Å². The van der Waals surface area contributed by atoms with Crippen LogP contribution in [0.3, 0.4) is 0 Å². The van der Waals surface area contributed by atoms with Crippen molar-refractivity contribution in [2.75, 3.05) is 5.32 Å². The molecule has 0 heterocycles. The number of nitrogens with one attached hydrogen (secondary N) is 2. The van der Waals surface area contributed by atoms with Crippen LogP contribution in [0.15, 0.2) is 65.8 Å². The van der Waals surface area contributed by atoms with Crippen molar-refractivity contribution < 1.29 is 27.5 Å². The summed E-state index contributed by atoms with van der Waals surface area (Å²) in [6.07, 6.45) is -3.40. The van der Waals surface area contributed by atoms with Crippen LogP contribution in [-0.4, -0.2) is 18.0 Å². The number of ether oxygens (including phenoxy) is 1. The molecule has 0 aliphatic heterocycles. The third-order valence-electron chi connectivity index (χ3n) is 4.43. The van der Waals surface area contributed by atoms with E-state index in [1.165, 1.54) is 6.21 Å². The fraction of sp³-hybridized carbons (Fsp3) is 0.0870. The van der Waals surface area contributed by atoms with E-state index >= 15 is 0 Å². The minimum Gasteiger partial charge on any atom is -0.489 e. The Morgan fingerprint density at radius 2 is 1.60 bits per heavy atom. The van der Waals surface area contributed by atoms with Crippen molar-refractivity contribution >= 4 is 58.5 Å². The predicted molar refractivity (Wildman–Crippen MR) is 128 cm³/mol. The standard InChI is InChI=1S/C23H15Cl3F3N3O3/c24-17-5-2-6-18(25)16(17)12-35-15-4-1-3-13(9-15)11-30-32-22(34)21(33)31-20-10-14(23(27,28)29)7-8-19(20)26/h1-11H,12H2,(H,31,33)(H,32,34)/b30-11+. The Hall–Kier alpha value is -3.27. The quantitative estimate of drug-likeness (QED) is 0.216. The Labute approximate surface area is 212 Å². The Balaban J connectivity index is 1.58.